The van der Waals surface area contributed by atoms with Gasteiger partial charge in [0, 0.05) is 5.57 Å². The largest absolute Gasteiger partial charge is 0.478 e. The van der Waals surface area contributed by atoms with Gasteiger partial charge in [0.15, 0.2) is 0 Å². The van der Waals surface area contributed by atoms with Crippen molar-refractivity contribution in [1.82, 2.24) is 0 Å². The molecule has 0 spiro atoms. The monoisotopic (exact) mass is 254 g/mol. The van der Waals surface area contributed by atoms with Crippen molar-refractivity contribution in [1.29, 1.82) is 0 Å². The Hall–Kier alpha value is -1.32. The highest BCUT2D eigenvalue weighted by atomic mass is 16.6. The highest BCUT2D eigenvalue weighted by Crippen LogP contribution is 2.65. The van der Waals surface area contributed by atoms with Gasteiger partial charge in [-0.25, -0.2) is 4.79 Å². The van der Waals surface area contributed by atoms with Gasteiger partial charge in [-0.1, -0.05) is 19.9 Å². The van der Waals surface area contributed by atoms with E-state index in [2.05, 4.69) is 0 Å². The molecule has 0 heterocycles. The number of ether oxygens (including phenoxy) is 1. The Labute approximate surface area is 108 Å². The summed E-state index contributed by atoms with van der Waals surface area (Å²) in [4.78, 5) is 23.2. The van der Waals surface area contributed by atoms with Crippen LogP contribution in [0.25, 0.3) is 0 Å². The summed E-state index contributed by atoms with van der Waals surface area (Å²) in [5.74, 6) is -1.33. The highest BCUT2D eigenvalue weighted by Gasteiger charge is 2.66. The maximum atomic E-state index is 12.3. The van der Waals surface area contributed by atoms with Crippen LogP contribution in [-0.4, -0.2) is 22.6 Å². The Balaban J connectivity index is 3.02. The summed E-state index contributed by atoms with van der Waals surface area (Å²) in [6.45, 7) is 10.8. The number of aliphatic carboxylic acids is 1. The van der Waals surface area contributed by atoms with E-state index in [9.17, 15) is 9.59 Å². The van der Waals surface area contributed by atoms with Crippen LogP contribution in [0.3, 0.4) is 0 Å². The third-order valence-corrected chi connectivity index (χ3v) is 3.37. The summed E-state index contributed by atoms with van der Waals surface area (Å²) >= 11 is 0. The predicted molar refractivity (Wildman–Crippen MR) is 68.1 cm³/mol. The summed E-state index contributed by atoms with van der Waals surface area (Å²) in [5.41, 5.74) is -1.41. The standard InChI is InChI=1S/C14H22O4/c1-9(10(15)16)7-14(8-13(14,5)6)11(17)18-12(2,3)4/h7H,8H2,1-6H3,(H,15,16)/b9-7+. The minimum atomic E-state index is -0.999. The van der Waals surface area contributed by atoms with Gasteiger partial charge in [-0.2, -0.15) is 0 Å². The van der Waals surface area contributed by atoms with Gasteiger partial charge in [-0.3, -0.25) is 4.79 Å². The first kappa shape index (κ1) is 14.7. The second-order valence-corrected chi connectivity index (χ2v) is 6.67. The first-order chi connectivity index (χ1) is 7.91. The van der Waals surface area contributed by atoms with E-state index < -0.39 is 17.0 Å². The molecule has 0 aliphatic heterocycles. The summed E-state index contributed by atoms with van der Waals surface area (Å²) in [6, 6.07) is 0. The topological polar surface area (TPSA) is 63.6 Å². The predicted octanol–water partition coefficient (Wildman–Crippen LogP) is 2.78. The van der Waals surface area contributed by atoms with Crippen LogP contribution in [0.2, 0.25) is 0 Å². The fourth-order valence-corrected chi connectivity index (χ4v) is 2.11. The molecule has 0 bridgehead atoms. The molecule has 1 rings (SSSR count). The molecule has 0 radical (unpaired) electrons. The molecule has 1 aliphatic rings. The van der Waals surface area contributed by atoms with Crippen molar-refractivity contribution in [2.75, 3.05) is 0 Å². The van der Waals surface area contributed by atoms with Gasteiger partial charge in [-0.15, -0.1) is 0 Å². The van der Waals surface area contributed by atoms with Crippen molar-refractivity contribution < 1.29 is 19.4 Å². The Morgan fingerprint density at radius 3 is 2.00 bits per heavy atom. The lowest BCUT2D eigenvalue weighted by Crippen LogP contribution is -2.31. The molecule has 0 aromatic carbocycles. The highest BCUT2D eigenvalue weighted by molar-refractivity contribution is 5.90. The van der Waals surface area contributed by atoms with Crippen LogP contribution in [-0.2, 0) is 14.3 Å². The quantitative estimate of drug-likeness (QED) is 0.621. The number of hydrogen-bond acceptors (Lipinski definition) is 3. The third-order valence-electron chi connectivity index (χ3n) is 3.37. The Kier molecular flexibility index (Phi) is 3.36. The number of hydrogen-bond donors (Lipinski definition) is 1. The maximum Gasteiger partial charge on any atom is 0.330 e. The Morgan fingerprint density at radius 2 is 1.72 bits per heavy atom. The van der Waals surface area contributed by atoms with Gasteiger partial charge in [0.05, 0.1) is 5.41 Å². The maximum absolute atomic E-state index is 12.3. The molecule has 18 heavy (non-hydrogen) atoms. The third kappa shape index (κ3) is 2.74. The first-order valence-corrected chi connectivity index (χ1v) is 6.07. The molecule has 4 heteroatoms. The molecular weight excluding hydrogens is 232 g/mol. The second kappa shape index (κ2) is 4.11. The number of esters is 1. The fourth-order valence-electron chi connectivity index (χ4n) is 2.11. The van der Waals surface area contributed by atoms with E-state index in [4.69, 9.17) is 9.84 Å². The van der Waals surface area contributed by atoms with Crippen LogP contribution in [0.15, 0.2) is 11.6 Å². The van der Waals surface area contributed by atoms with E-state index in [0.717, 1.165) is 0 Å². The van der Waals surface area contributed by atoms with E-state index in [0.29, 0.717) is 6.42 Å². The number of rotatable bonds is 3. The lowest BCUT2D eigenvalue weighted by Gasteiger charge is -2.24. The SMILES string of the molecule is C/C(=C\C1(C(=O)OC(C)(C)C)CC1(C)C)C(=O)O. The van der Waals surface area contributed by atoms with E-state index in [1.165, 1.54) is 6.92 Å². The van der Waals surface area contributed by atoms with Crippen LogP contribution in [0, 0.1) is 10.8 Å². The lowest BCUT2D eigenvalue weighted by molar-refractivity contribution is -0.160. The van der Waals surface area contributed by atoms with Crippen molar-refractivity contribution in [3.63, 3.8) is 0 Å². The molecule has 1 fully saturated rings. The number of carbonyl (C=O) groups excluding carboxylic acids is 1. The molecule has 0 saturated heterocycles. The van der Waals surface area contributed by atoms with E-state index in [1.807, 2.05) is 34.6 Å². The number of carbonyl (C=O) groups is 2. The zero-order chi connectivity index (χ0) is 14.4. The van der Waals surface area contributed by atoms with Crippen LogP contribution in [0.5, 0.6) is 0 Å². The molecular formula is C14H22O4. The molecule has 1 aliphatic carbocycles. The Morgan fingerprint density at radius 1 is 1.28 bits per heavy atom. The zero-order valence-corrected chi connectivity index (χ0v) is 12.0. The lowest BCUT2D eigenvalue weighted by atomic mass is 9.93. The smallest absolute Gasteiger partial charge is 0.330 e. The molecule has 102 valence electrons. The van der Waals surface area contributed by atoms with Gasteiger partial charge in [0.25, 0.3) is 0 Å². The normalized spacial score (nSPS) is 26.7. The van der Waals surface area contributed by atoms with Crippen molar-refractivity contribution >= 4 is 11.9 Å². The molecule has 1 unspecified atom stereocenters. The van der Waals surface area contributed by atoms with Gasteiger partial charge in [-0.05, 0) is 39.5 Å². The van der Waals surface area contributed by atoms with Gasteiger partial charge in [0.1, 0.15) is 5.60 Å². The minimum absolute atomic E-state index is 0.187. The molecule has 0 aromatic rings. The van der Waals surface area contributed by atoms with Crippen molar-refractivity contribution in [2.45, 2.75) is 53.6 Å². The van der Waals surface area contributed by atoms with Crippen molar-refractivity contribution in [3.05, 3.63) is 11.6 Å². The fraction of sp³-hybridized carbons (Fsp3) is 0.714. The first-order valence-electron chi connectivity index (χ1n) is 6.07. The van der Waals surface area contributed by atoms with Crippen LogP contribution in [0.1, 0.15) is 48.0 Å². The molecule has 1 N–H and O–H groups in total. The molecule has 1 saturated carbocycles. The second-order valence-electron chi connectivity index (χ2n) is 6.67. The van der Waals surface area contributed by atoms with E-state index >= 15 is 0 Å². The summed E-state index contributed by atoms with van der Waals surface area (Å²) in [5, 5.41) is 8.94. The number of carboxylic acids is 1. The van der Waals surface area contributed by atoms with Crippen molar-refractivity contribution in [3.8, 4) is 0 Å². The van der Waals surface area contributed by atoms with Gasteiger partial charge >= 0.3 is 11.9 Å². The average Bonchev–Trinajstić information content (AvgIpc) is 2.66. The van der Waals surface area contributed by atoms with Crippen molar-refractivity contribution in [2.24, 2.45) is 10.8 Å². The Bertz CT molecular complexity index is 412. The van der Waals surface area contributed by atoms with E-state index in [1.54, 1.807) is 6.08 Å². The van der Waals surface area contributed by atoms with Crippen LogP contribution >= 0.6 is 0 Å². The zero-order valence-electron chi connectivity index (χ0n) is 12.0. The summed E-state index contributed by atoms with van der Waals surface area (Å²) in [7, 11) is 0. The average molecular weight is 254 g/mol. The van der Waals surface area contributed by atoms with E-state index in [-0.39, 0.29) is 17.0 Å². The summed E-state index contributed by atoms with van der Waals surface area (Å²) in [6.07, 6.45) is 2.17. The molecule has 1 atom stereocenters. The molecule has 4 nitrogen and oxygen atoms in total. The van der Waals surface area contributed by atoms with Crippen LogP contribution in [0.4, 0.5) is 0 Å². The molecule has 0 amide bonds. The van der Waals surface area contributed by atoms with Gasteiger partial charge < -0.3 is 9.84 Å². The van der Waals surface area contributed by atoms with Gasteiger partial charge in [0.2, 0.25) is 0 Å². The molecule has 0 aromatic heterocycles. The minimum Gasteiger partial charge on any atom is -0.478 e. The number of carboxylic acid groups (broad SMARTS) is 1. The summed E-state index contributed by atoms with van der Waals surface area (Å²) < 4.78 is 5.40. The van der Waals surface area contributed by atoms with Crippen LogP contribution < -0.4 is 0 Å².